The van der Waals surface area contributed by atoms with Gasteiger partial charge in [-0.05, 0) is 79.1 Å². The summed E-state index contributed by atoms with van der Waals surface area (Å²) < 4.78 is 11.6. The average Bonchev–Trinajstić information content (AvgIpc) is 2.55. The number of rotatable bonds is 4. The zero-order valence-corrected chi connectivity index (χ0v) is 13.8. The van der Waals surface area contributed by atoms with Crippen LogP contribution < -0.4 is 9.47 Å². The largest absolute Gasteiger partial charge is 0.490 e. The predicted octanol–water partition coefficient (Wildman–Crippen LogP) is 4.25. The number of aryl methyl sites for hydroxylation is 1. The van der Waals surface area contributed by atoms with Crippen LogP contribution in [0, 0.1) is 0 Å². The average molecular weight is 310 g/mol. The molecule has 3 heteroatoms. The van der Waals surface area contributed by atoms with Crippen molar-refractivity contribution in [3.63, 3.8) is 0 Å². The molecule has 0 atom stereocenters. The third kappa shape index (κ3) is 2.13. The molecule has 0 N–H and O–H groups in total. The summed E-state index contributed by atoms with van der Waals surface area (Å²) in [6.45, 7) is 5.15. The molecule has 2 aliphatic carbocycles. The van der Waals surface area contributed by atoms with Crippen molar-refractivity contribution in [2.75, 3.05) is 13.2 Å². The SMILES string of the molecule is CCOc1cc2c3c(c4c(c2cc1OCC)C(=O)C4)CCCC3. The van der Waals surface area contributed by atoms with Gasteiger partial charge in [0.05, 0.1) is 13.2 Å². The van der Waals surface area contributed by atoms with E-state index in [-0.39, 0.29) is 5.78 Å². The van der Waals surface area contributed by atoms with Crippen LogP contribution >= 0.6 is 0 Å². The van der Waals surface area contributed by atoms with Crippen LogP contribution in [0.15, 0.2) is 12.1 Å². The maximum Gasteiger partial charge on any atom is 0.168 e. The Morgan fingerprint density at radius 3 is 2.09 bits per heavy atom. The molecular weight excluding hydrogens is 288 g/mol. The molecule has 0 unspecified atom stereocenters. The van der Waals surface area contributed by atoms with E-state index in [2.05, 4.69) is 6.07 Å². The molecule has 2 aliphatic rings. The first-order valence-electron chi connectivity index (χ1n) is 8.67. The lowest BCUT2D eigenvalue weighted by molar-refractivity contribution is 0.0969. The Hall–Kier alpha value is -2.03. The molecule has 2 aromatic rings. The lowest BCUT2D eigenvalue weighted by Gasteiger charge is -2.30. The van der Waals surface area contributed by atoms with Gasteiger partial charge in [-0.25, -0.2) is 0 Å². The number of ether oxygens (including phenoxy) is 2. The lowest BCUT2D eigenvalue weighted by atomic mass is 9.73. The second-order valence-corrected chi connectivity index (χ2v) is 6.33. The van der Waals surface area contributed by atoms with Crippen LogP contribution in [0.25, 0.3) is 10.8 Å². The van der Waals surface area contributed by atoms with Crippen LogP contribution in [-0.2, 0) is 19.3 Å². The van der Waals surface area contributed by atoms with Gasteiger partial charge in [0.1, 0.15) is 0 Å². The van der Waals surface area contributed by atoms with Gasteiger partial charge in [-0.3, -0.25) is 4.79 Å². The standard InChI is InChI=1S/C20H22O3/c1-3-22-18-10-14-12-7-5-6-8-13(12)15-9-17(21)20(15)16(14)11-19(18)23-4-2/h10-11H,3-9H2,1-2H3. The summed E-state index contributed by atoms with van der Waals surface area (Å²) >= 11 is 0. The van der Waals surface area contributed by atoms with Crippen LogP contribution in [0.4, 0.5) is 0 Å². The molecule has 23 heavy (non-hydrogen) atoms. The Balaban J connectivity index is 2.02. The van der Waals surface area contributed by atoms with Crippen molar-refractivity contribution in [2.45, 2.75) is 46.0 Å². The van der Waals surface area contributed by atoms with E-state index in [9.17, 15) is 4.79 Å². The molecule has 0 amide bonds. The van der Waals surface area contributed by atoms with Crippen molar-refractivity contribution < 1.29 is 14.3 Å². The highest BCUT2D eigenvalue weighted by Crippen LogP contribution is 2.44. The number of carbonyl (C=O) groups is 1. The van der Waals surface area contributed by atoms with Crippen molar-refractivity contribution >= 4 is 16.6 Å². The third-order valence-corrected chi connectivity index (χ3v) is 5.03. The van der Waals surface area contributed by atoms with Crippen LogP contribution in [0.5, 0.6) is 11.5 Å². The fourth-order valence-electron chi connectivity index (χ4n) is 4.06. The molecule has 0 aromatic heterocycles. The first kappa shape index (κ1) is 14.6. The molecule has 0 spiro atoms. The van der Waals surface area contributed by atoms with Gasteiger partial charge in [0, 0.05) is 12.0 Å². The van der Waals surface area contributed by atoms with Gasteiger partial charge in [0.2, 0.25) is 0 Å². The minimum absolute atomic E-state index is 0.269. The van der Waals surface area contributed by atoms with E-state index in [4.69, 9.17) is 9.47 Å². The molecule has 0 fully saturated rings. The molecule has 0 saturated carbocycles. The highest BCUT2D eigenvalue weighted by Gasteiger charge is 2.32. The normalized spacial score (nSPS) is 15.8. The monoisotopic (exact) mass is 310 g/mol. The Morgan fingerprint density at radius 1 is 0.870 bits per heavy atom. The van der Waals surface area contributed by atoms with Gasteiger partial charge >= 0.3 is 0 Å². The Morgan fingerprint density at radius 2 is 1.48 bits per heavy atom. The predicted molar refractivity (Wildman–Crippen MR) is 91.0 cm³/mol. The quantitative estimate of drug-likeness (QED) is 0.846. The van der Waals surface area contributed by atoms with Gasteiger partial charge in [0.25, 0.3) is 0 Å². The summed E-state index contributed by atoms with van der Waals surface area (Å²) in [6.07, 6.45) is 5.29. The second kappa shape index (κ2) is 5.55. The van der Waals surface area contributed by atoms with Gasteiger partial charge in [-0.1, -0.05) is 0 Å². The molecule has 0 saturated heterocycles. The van der Waals surface area contributed by atoms with Crippen LogP contribution in [0.1, 0.15) is 53.7 Å². The summed E-state index contributed by atoms with van der Waals surface area (Å²) in [7, 11) is 0. The molecular formula is C20H22O3. The Kier molecular flexibility index (Phi) is 3.51. The van der Waals surface area contributed by atoms with E-state index in [0.29, 0.717) is 19.6 Å². The number of ketones is 1. The van der Waals surface area contributed by atoms with E-state index in [1.54, 1.807) is 0 Å². The van der Waals surface area contributed by atoms with Crippen LogP contribution in [-0.4, -0.2) is 19.0 Å². The van der Waals surface area contributed by atoms with Gasteiger partial charge in [-0.15, -0.1) is 0 Å². The lowest BCUT2D eigenvalue weighted by Crippen LogP contribution is -2.24. The van der Waals surface area contributed by atoms with Gasteiger partial charge < -0.3 is 9.47 Å². The first-order valence-corrected chi connectivity index (χ1v) is 8.67. The molecule has 120 valence electrons. The summed E-state index contributed by atoms with van der Waals surface area (Å²) in [4.78, 5) is 12.2. The van der Waals surface area contributed by atoms with Crippen molar-refractivity contribution in [1.29, 1.82) is 0 Å². The third-order valence-electron chi connectivity index (χ3n) is 5.03. The number of hydrogen-bond acceptors (Lipinski definition) is 3. The minimum Gasteiger partial charge on any atom is -0.490 e. The fraction of sp³-hybridized carbons (Fsp3) is 0.450. The summed E-state index contributed by atoms with van der Waals surface area (Å²) in [5.41, 5.74) is 5.10. The number of Topliss-reactive ketones (excluding diaryl/α,β-unsaturated/α-hetero) is 1. The van der Waals surface area contributed by atoms with Crippen LogP contribution in [0.3, 0.4) is 0 Å². The molecule has 0 radical (unpaired) electrons. The highest BCUT2D eigenvalue weighted by atomic mass is 16.5. The summed E-state index contributed by atoms with van der Waals surface area (Å²) in [5.74, 6) is 1.81. The fourth-order valence-corrected chi connectivity index (χ4v) is 4.06. The molecule has 0 aliphatic heterocycles. The maximum atomic E-state index is 12.2. The van der Waals surface area contributed by atoms with Crippen LogP contribution in [0.2, 0.25) is 0 Å². The van der Waals surface area contributed by atoms with Crippen molar-refractivity contribution in [1.82, 2.24) is 0 Å². The van der Waals surface area contributed by atoms with Gasteiger partial charge in [-0.2, -0.15) is 0 Å². The van der Waals surface area contributed by atoms with E-state index in [1.165, 1.54) is 34.9 Å². The smallest absolute Gasteiger partial charge is 0.168 e. The molecule has 0 bridgehead atoms. The van der Waals surface area contributed by atoms with Gasteiger partial charge in [0.15, 0.2) is 17.3 Å². The number of carbonyl (C=O) groups excluding carboxylic acids is 1. The van der Waals surface area contributed by atoms with E-state index < -0.39 is 0 Å². The number of benzene rings is 2. The maximum absolute atomic E-state index is 12.2. The van der Waals surface area contributed by atoms with E-state index >= 15 is 0 Å². The van der Waals surface area contributed by atoms with E-state index in [0.717, 1.165) is 35.3 Å². The molecule has 4 rings (SSSR count). The van der Waals surface area contributed by atoms with Crippen molar-refractivity contribution in [2.24, 2.45) is 0 Å². The van der Waals surface area contributed by atoms with Crippen molar-refractivity contribution in [3.05, 3.63) is 34.4 Å². The Labute approximate surface area is 136 Å². The zero-order chi connectivity index (χ0) is 16.0. The molecule has 3 nitrogen and oxygen atoms in total. The topological polar surface area (TPSA) is 35.5 Å². The molecule has 2 aromatic carbocycles. The number of fused-ring (bicyclic) bond motifs is 6. The summed E-state index contributed by atoms with van der Waals surface area (Å²) in [6, 6.07) is 4.12. The van der Waals surface area contributed by atoms with Crippen molar-refractivity contribution in [3.8, 4) is 11.5 Å². The minimum atomic E-state index is 0.269. The zero-order valence-electron chi connectivity index (χ0n) is 13.8. The summed E-state index contributed by atoms with van der Waals surface area (Å²) in [5, 5.41) is 2.25. The Bertz CT molecular complexity index is 805. The number of hydrogen-bond donors (Lipinski definition) is 0. The first-order chi connectivity index (χ1) is 11.2. The molecule has 0 heterocycles. The van der Waals surface area contributed by atoms with E-state index in [1.807, 2.05) is 19.9 Å². The highest BCUT2D eigenvalue weighted by molar-refractivity contribution is 6.18. The second-order valence-electron chi connectivity index (χ2n) is 6.33.